The molecule has 0 heterocycles. The van der Waals surface area contributed by atoms with E-state index in [9.17, 15) is 9.59 Å². The number of nitrogens with one attached hydrogen (secondary N) is 2. The molecule has 1 atom stereocenters. The van der Waals surface area contributed by atoms with E-state index in [-0.39, 0.29) is 5.91 Å². The summed E-state index contributed by atoms with van der Waals surface area (Å²) in [5.74, 6) is -0.191. The van der Waals surface area contributed by atoms with Gasteiger partial charge in [-0.15, -0.1) is 0 Å². The van der Waals surface area contributed by atoms with Gasteiger partial charge in [-0.1, -0.05) is 0 Å². The molecule has 2 amide bonds. The van der Waals surface area contributed by atoms with Crippen LogP contribution >= 0.6 is 0 Å². The summed E-state index contributed by atoms with van der Waals surface area (Å²) in [5.41, 5.74) is 6.44. The molecular formula is C14H21N3O4. The number of carbonyl (C=O) groups excluding carboxylic acids is 2. The van der Waals surface area contributed by atoms with E-state index in [1.54, 1.807) is 26.2 Å². The Labute approximate surface area is 123 Å². The van der Waals surface area contributed by atoms with Crippen molar-refractivity contribution in [3.8, 4) is 5.75 Å². The quantitative estimate of drug-likeness (QED) is 0.491. The monoisotopic (exact) mass is 295 g/mol. The van der Waals surface area contributed by atoms with Crippen molar-refractivity contribution >= 4 is 17.5 Å². The van der Waals surface area contributed by atoms with Gasteiger partial charge >= 0.3 is 0 Å². The Hall–Kier alpha value is -2.28. The van der Waals surface area contributed by atoms with E-state index in [2.05, 4.69) is 10.6 Å². The number of anilines is 1. The standard InChI is InChI=1S/C14H21N3O4/c1-9(13(18)16-4-5-20-2)17-14(19)10-6-11(15)8-12(7-10)21-3/h6-9H,4-5,15H2,1-3H3,(H,16,18)(H,17,19). The molecule has 1 aromatic carbocycles. The molecule has 7 nitrogen and oxygen atoms in total. The summed E-state index contributed by atoms with van der Waals surface area (Å²) in [6, 6.07) is 4.02. The van der Waals surface area contributed by atoms with Crippen LogP contribution in [0.2, 0.25) is 0 Å². The molecular weight excluding hydrogens is 274 g/mol. The van der Waals surface area contributed by atoms with E-state index < -0.39 is 11.9 Å². The molecule has 1 rings (SSSR count). The number of hydrogen-bond donors (Lipinski definition) is 3. The normalized spacial score (nSPS) is 11.6. The Morgan fingerprint density at radius 2 is 2.00 bits per heavy atom. The smallest absolute Gasteiger partial charge is 0.252 e. The Bertz CT molecular complexity index is 505. The third-order valence-electron chi connectivity index (χ3n) is 2.77. The van der Waals surface area contributed by atoms with Gasteiger partial charge in [0.25, 0.3) is 5.91 Å². The molecule has 0 aliphatic rings. The van der Waals surface area contributed by atoms with E-state index in [0.717, 1.165) is 0 Å². The Kier molecular flexibility index (Phi) is 6.48. The lowest BCUT2D eigenvalue weighted by Gasteiger charge is -2.14. The van der Waals surface area contributed by atoms with Crippen LogP contribution in [0.5, 0.6) is 5.75 Å². The van der Waals surface area contributed by atoms with Crippen molar-refractivity contribution in [1.29, 1.82) is 0 Å². The van der Waals surface area contributed by atoms with Crippen molar-refractivity contribution in [2.45, 2.75) is 13.0 Å². The zero-order valence-corrected chi connectivity index (χ0v) is 12.4. The molecule has 7 heteroatoms. The summed E-state index contributed by atoms with van der Waals surface area (Å²) in [6.07, 6.45) is 0. The lowest BCUT2D eigenvalue weighted by molar-refractivity contribution is -0.122. The van der Waals surface area contributed by atoms with E-state index in [4.69, 9.17) is 15.2 Å². The molecule has 1 unspecified atom stereocenters. The van der Waals surface area contributed by atoms with E-state index >= 15 is 0 Å². The third-order valence-corrected chi connectivity index (χ3v) is 2.77. The maximum atomic E-state index is 12.1. The molecule has 0 aliphatic heterocycles. The van der Waals surface area contributed by atoms with Crippen LogP contribution in [0.25, 0.3) is 0 Å². The minimum atomic E-state index is -0.665. The van der Waals surface area contributed by atoms with Crippen LogP contribution < -0.4 is 21.1 Å². The van der Waals surface area contributed by atoms with Gasteiger partial charge in [-0.05, 0) is 19.1 Å². The molecule has 1 aromatic rings. The molecule has 0 fully saturated rings. The van der Waals surface area contributed by atoms with Gasteiger partial charge in [0, 0.05) is 31.0 Å². The van der Waals surface area contributed by atoms with Crippen molar-refractivity contribution in [3.05, 3.63) is 23.8 Å². The second-order valence-electron chi connectivity index (χ2n) is 4.47. The van der Waals surface area contributed by atoms with E-state index in [0.29, 0.717) is 30.2 Å². The summed E-state index contributed by atoms with van der Waals surface area (Å²) < 4.78 is 9.88. The Morgan fingerprint density at radius 1 is 1.29 bits per heavy atom. The molecule has 4 N–H and O–H groups in total. The second-order valence-corrected chi connectivity index (χ2v) is 4.47. The topological polar surface area (TPSA) is 103 Å². The summed E-state index contributed by atoms with van der Waals surface area (Å²) in [4.78, 5) is 23.8. The molecule has 116 valence electrons. The van der Waals surface area contributed by atoms with E-state index in [1.807, 2.05) is 0 Å². The van der Waals surface area contributed by atoms with Crippen LogP contribution in [0.3, 0.4) is 0 Å². The predicted molar refractivity (Wildman–Crippen MR) is 79.2 cm³/mol. The van der Waals surface area contributed by atoms with Crippen LogP contribution in [-0.4, -0.2) is 45.2 Å². The highest BCUT2D eigenvalue weighted by atomic mass is 16.5. The highest BCUT2D eigenvalue weighted by Gasteiger charge is 2.17. The number of hydrogen-bond acceptors (Lipinski definition) is 5. The minimum Gasteiger partial charge on any atom is -0.497 e. The Balaban J connectivity index is 2.63. The molecule has 0 saturated carbocycles. The SMILES string of the molecule is COCCNC(=O)C(C)NC(=O)c1cc(N)cc(OC)c1. The first kappa shape index (κ1) is 16.8. The number of methoxy groups -OCH3 is 2. The van der Waals surface area contributed by atoms with Gasteiger partial charge in [-0.2, -0.15) is 0 Å². The second kappa shape index (κ2) is 8.11. The van der Waals surface area contributed by atoms with Crippen molar-refractivity contribution < 1.29 is 19.1 Å². The maximum Gasteiger partial charge on any atom is 0.252 e. The number of benzene rings is 1. The highest BCUT2D eigenvalue weighted by molar-refractivity contribution is 5.98. The number of amides is 2. The lowest BCUT2D eigenvalue weighted by atomic mass is 10.1. The fraction of sp³-hybridized carbons (Fsp3) is 0.429. The zero-order chi connectivity index (χ0) is 15.8. The van der Waals surface area contributed by atoms with Crippen molar-refractivity contribution in [1.82, 2.24) is 10.6 Å². The first-order valence-electron chi connectivity index (χ1n) is 6.50. The first-order chi connectivity index (χ1) is 9.97. The molecule has 0 aliphatic carbocycles. The number of rotatable bonds is 7. The lowest BCUT2D eigenvalue weighted by Crippen LogP contribution is -2.45. The fourth-order valence-electron chi connectivity index (χ4n) is 1.65. The summed E-state index contributed by atoms with van der Waals surface area (Å²) in [6.45, 7) is 2.41. The molecule has 0 radical (unpaired) electrons. The van der Waals surface area contributed by atoms with Gasteiger partial charge in [0.15, 0.2) is 0 Å². The van der Waals surface area contributed by atoms with Gasteiger partial charge in [-0.3, -0.25) is 9.59 Å². The van der Waals surface area contributed by atoms with Crippen molar-refractivity contribution in [2.24, 2.45) is 0 Å². The predicted octanol–water partition coefficient (Wildman–Crippen LogP) is 0.158. The van der Waals surface area contributed by atoms with Crippen LogP contribution in [-0.2, 0) is 9.53 Å². The average Bonchev–Trinajstić information content (AvgIpc) is 2.46. The number of carbonyl (C=O) groups is 2. The van der Waals surface area contributed by atoms with Gasteiger partial charge in [0.2, 0.25) is 5.91 Å². The summed E-state index contributed by atoms with van der Waals surface area (Å²) in [5, 5.41) is 5.24. The van der Waals surface area contributed by atoms with Crippen molar-refractivity contribution in [3.63, 3.8) is 0 Å². The van der Waals surface area contributed by atoms with Gasteiger partial charge < -0.3 is 25.8 Å². The van der Waals surface area contributed by atoms with E-state index in [1.165, 1.54) is 13.2 Å². The highest BCUT2D eigenvalue weighted by Crippen LogP contribution is 2.18. The number of ether oxygens (including phenoxy) is 2. The van der Waals surface area contributed by atoms with Gasteiger partial charge in [0.1, 0.15) is 11.8 Å². The van der Waals surface area contributed by atoms with Crippen LogP contribution in [0, 0.1) is 0 Å². The Morgan fingerprint density at radius 3 is 2.62 bits per heavy atom. The fourth-order valence-corrected chi connectivity index (χ4v) is 1.65. The summed E-state index contributed by atoms with van der Waals surface area (Å²) >= 11 is 0. The zero-order valence-electron chi connectivity index (χ0n) is 12.4. The number of nitrogen functional groups attached to an aromatic ring is 1. The van der Waals surface area contributed by atoms with Crippen LogP contribution in [0.1, 0.15) is 17.3 Å². The molecule has 0 bridgehead atoms. The number of nitrogens with two attached hydrogens (primary N) is 1. The van der Waals surface area contributed by atoms with Crippen LogP contribution in [0.15, 0.2) is 18.2 Å². The van der Waals surface area contributed by atoms with Crippen molar-refractivity contribution in [2.75, 3.05) is 33.1 Å². The van der Waals surface area contributed by atoms with Gasteiger partial charge in [-0.25, -0.2) is 0 Å². The molecule has 0 spiro atoms. The van der Waals surface area contributed by atoms with Gasteiger partial charge in [0.05, 0.1) is 13.7 Å². The van der Waals surface area contributed by atoms with Crippen LogP contribution in [0.4, 0.5) is 5.69 Å². The third kappa shape index (κ3) is 5.31. The molecule has 21 heavy (non-hydrogen) atoms. The largest absolute Gasteiger partial charge is 0.497 e. The maximum absolute atomic E-state index is 12.1. The average molecular weight is 295 g/mol. The summed E-state index contributed by atoms with van der Waals surface area (Å²) in [7, 11) is 3.03. The first-order valence-corrected chi connectivity index (χ1v) is 6.50. The molecule has 0 aromatic heterocycles. The molecule has 0 saturated heterocycles. The minimum absolute atomic E-state index is 0.281.